The van der Waals surface area contributed by atoms with Gasteiger partial charge in [-0.15, -0.1) is 0 Å². The second kappa shape index (κ2) is 9.73. The lowest BCUT2D eigenvalue weighted by Gasteiger charge is -2.19. The Labute approximate surface area is 132 Å². The fraction of sp³-hybridized carbons (Fsp3) is 0.786. The molecule has 0 bridgehead atoms. The molecule has 0 spiro atoms. The maximum Gasteiger partial charge on any atom is 0.231 e. The Kier molecular flexibility index (Phi) is 8.30. The van der Waals surface area contributed by atoms with Gasteiger partial charge in [-0.3, -0.25) is 0 Å². The van der Waals surface area contributed by atoms with Crippen LogP contribution in [0.3, 0.4) is 0 Å². The molecule has 0 atom stereocenters. The molecule has 0 aliphatic heterocycles. The van der Waals surface area contributed by atoms with Gasteiger partial charge in [0.05, 0.1) is 0 Å². The van der Waals surface area contributed by atoms with E-state index in [1.54, 1.807) is 0 Å². The molecular formula is C14H27ClN6. The van der Waals surface area contributed by atoms with E-state index in [1.165, 1.54) is 0 Å². The third kappa shape index (κ3) is 6.01. The van der Waals surface area contributed by atoms with Gasteiger partial charge in [0.1, 0.15) is 0 Å². The average molecular weight is 315 g/mol. The highest BCUT2D eigenvalue weighted by Crippen LogP contribution is 2.13. The van der Waals surface area contributed by atoms with E-state index in [1.807, 2.05) is 0 Å². The van der Waals surface area contributed by atoms with Crippen molar-refractivity contribution in [2.45, 2.75) is 34.1 Å². The first kappa shape index (κ1) is 17.9. The smallest absolute Gasteiger partial charge is 0.231 e. The predicted octanol–water partition coefficient (Wildman–Crippen LogP) is 2.52. The van der Waals surface area contributed by atoms with E-state index in [4.69, 9.17) is 11.6 Å². The number of anilines is 2. The summed E-state index contributed by atoms with van der Waals surface area (Å²) < 4.78 is 0. The quantitative estimate of drug-likeness (QED) is 0.670. The van der Waals surface area contributed by atoms with Crippen LogP contribution in [0.1, 0.15) is 34.1 Å². The molecule has 120 valence electrons. The standard InChI is InChI=1S/C14H27ClN6/c1-5-20(6-2)11-9-10-16-13-17-12(15)18-14(19-13)21(7-3)8-4/h5-11H2,1-4H3,(H,16,17,18,19). The molecule has 1 aromatic heterocycles. The lowest BCUT2D eigenvalue weighted by atomic mass is 10.3. The van der Waals surface area contributed by atoms with Gasteiger partial charge in [0.2, 0.25) is 17.2 Å². The molecule has 0 amide bonds. The third-order valence-electron chi connectivity index (χ3n) is 3.47. The van der Waals surface area contributed by atoms with Crippen LogP contribution in [0.4, 0.5) is 11.9 Å². The van der Waals surface area contributed by atoms with Crippen molar-refractivity contribution in [1.29, 1.82) is 0 Å². The summed E-state index contributed by atoms with van der Waals surface area (Å²) in [6.07, 6.45) is 1.05. The van der Waals surface area contributed by atoms with Crippen LogP contribution < -0.4 is 10.2 Å². The van der Waals surface area contributed by atoms with Crippen LogP contribution >= 0.6 is 11.6 Å². The summed E-state index contributed by atoms with van der Waals surface area (Å²) in [5, 5.41) is 3.47. The van der Waals surface area contributed by atoms with Gasteiger partial charge in [-0.25, -0.2) is 0 Å². The number of rotatable bonds is 10. The summed E-state index contributed by atoms with van der Waals surface area (Å²) in [7, 11) is 0. The van der Waals surface area contributed by atoms with Crippen LogP contribution in [0.15, 0.2) is 0 Å². The summed E-state index contributed by atoms with van der Waals surface area (Å²) in [6.45, 7) is 14.3. The monoisotopic (exact) mass is 314 g/mol. The van der Waals surface area contributed by atoms with E-state index < -0.39 is 0 Å². The average Bonchev–Trinajstić information content (AvgIpc) is 2.48. The molecule has 0 aromatic carbocycles. The zero-order chi connectivity index (χ0) is 15.7. The molecule has 0 saturated carbocycles. The lowest BCUT2D eigenvalue weighted by molar-refractivity contribution is 0.303. The van der Waals surface area contributed by atoms with Crippen molar-refractivity contribution >= 4 is 23.5 Å². The van der Waals surface area contributed by atoms with Gasteiger partial charge in [-0.1, -0.05) is 13.8 Å². The van der Waals surface area contributed by atoms with Crippen LogP contribution in [0.2, 0.25) is 5.28 Å². The fourth-order valence-corrected chi connectivity index (χ4v) is 2.26. The van der Waals surface area contributed by atoms with Crippen molar-refractivity contribution in [3.63, 3.8) is 0 Å². The summed E-state index contributed by atoms with van der Waals surface area (Å²) in [4.78, 5) is 17.2. The van der Waals surface area contributed by atoms with Gasteiger partial charge < -0.3 is 15.1 Å². The maximum atomic E-state index is 5.98. The molecule has 0 saturated heterocycles. The van der Waals surface area contributed by atoms with Crippen molar-refractivity contribution in [3.8, 4) is 0 Å². The highest BCUT2D eigenvalue weighted by atomic mass is 35.5. The second-order valence-corrected chi connectivity index (χ2v) is 5.05. The molecule has 1 rings (SSSR count). The van der Waals surface area contributed by atoms with E-state index in [-0.39, 0.29) is 5.28 Å². The molecule has 1 N–H and O–H groups in total. The van der Waals surface area contributed by atoms with Crippen molar-refractivity contribution in [1.82, 2.24) is 19.9 Å². The molecule has 0 aliphatic carbocycles. The molecule has 0 aliphatic rings. The van der Waals surface area contributed by atoms with Crippen molar-refractivity contribution in [2.24, 2.45) is 0 Å². The van der Waals surface area contributed by atoms with Gasteiger partial charge >= 0.3 is 0 Å². The van der Waals surface area contributed by atoms with Crippen molar-refractivity contribution in [3.05, 3.63) is 5.28 Å². The summed E-state index contributed by atoms with van der Waals surface area (Å²) >= 11 is 5.98. The summed E-state index contributed by atoms with van der Waals surface area (Å²) in [6, 6.07) is 0. The Morgan fingerprint density at radius 3 is 2.19 bits per heavy atom. The molecule has 0 radical (unpaired) electrons. The summed E-state index contributed by atoms with van der Waals surface area (Å²) in [5.74, 6) is 1.18. The van der Waals surface area contributed by atoms with E-state index in [0.717, 1.165) is 45.7 Å². The maximum absolute atomic E-state index is 5.98. The Hall–Kier alpha value is -1.14. The number of nitrogens with zero attached hydrogens (tertiary/aromatic N) is 5. The van der Waals surface area contributed by atoms with Crippen LogP contribution in [0.25, 0.3) is 0 Å². The highest BCUT2D eigenvalue weighted by Gasteiger charge is 2.09. The van der Waals surface area contributed by atoms with Gasteiger partial charge in [-0.2, -0.15) is 15.0 Å². The minimum atomic E-state index is 0.234. The van der Waals surface area contributed by atoms with Crippen molar-refractivity contribution in [2.75, 3.05) is 49.5 Å². The Balaban J connectivity index is 2.55. The molecule has 1 heterocycles. The third-order valence-corrected chi connectivity index (χ3v) is 3.64. The topological polar surface area (TPSA) is 57.2 Å². The Morgan fingerprint density at radius 1 is 0.952 bits per heavy atom. The minimum Gasteiger partial charge on any atom is -0.354 e. The molecule has 0 fully saturated rings. The van der Waals surface area contributed by atoms with Crippen LogP contribution in [-0.2, 0) is 0 Å². The van der Waals surface area contributed by atoms with Crippen LogP contribution in [0.5, 0.6) is 0 Å². The SMILES string of the molecule is CCN(CC)CCCNc1nc(Cl)nc(N(CC)CC)n1. The van der Waals surface area contributed by atoms with Gasteiger partial charge in [0.25, 0.3) is 0 Å². The van der Waals surface area contributed by atoms with Gasteiger partial charge in [0, 0.05) is 19.6 Å². The van der Waals surface area contributed by atoms with Crippen molar-refractivity contribution < 1.29 is 0 Å². The highest BCUT2D eigenvalue weighted by molar-refractivity contribution is 6.28. The van der Waals surface area contributed by atoms with Crippen LogP contribution in [0, 0.1) is 0 Å². The normalized spacial score (nSPS) is 11.0. The Bertz CT molecular complexity index is 406. The van der Waals surface area contributed by atoms with Gasteiger partial charge in [-0.05, 0) is 51.5 Å². The second-order valence-electron chi connectivity index (χ2n) is 4.71. The van der Waals surface area contributed by atoms with E-state index in [9.17, 15) is 0 Å². The first-order valence-electron chi connectivity index (χ1n) is 7.77. The number of nitrogens with one attached hydrogen (secondary N) is 1. The van der Waals surface area contributed by atoms with Crippen LogP contribution in [-0.4, -0.2) is 59.1 Å². The number of hydrogen-bond acceptors (Lipinski definition) is 6. The Morgan fingerprint density at radius 2 is 1.62 bits per heavy atom. The molecule has 0 unspecified atom stereocenters. The number of halogens is 1. The molecular weight excluding hydrogens is 288 g/mol. The number of aromatic nitrogens is 3. The molecule has 21 heavy (non-hydrogen) atoms. The molecule has 1 aromatic rings. The minimum absolute atomic E-state index is 0.234. The zero-order valence-corrected chi connectivity index (χ0v) is 14.3. The van der Waals surface area contributed by atoms with E-state index >= 15 is 0 Å². The molecule has 7 heteroatoms. The van der Waals surface area contributed by atoms with Gasteiger partial charge in [0.15, 0.2) is 0 Å². The fourth-order valence-electron chi connectivity index (χ4n) is 2.11. The predicted molar refractivity (Wildman–Crippen MR) is 89.3 cm³/mol. The zero-order valence-electron chi connectivity index (χ0n) is 13.6. The first-order chi connectivity index (χ1) is 10.1. The van der Waals surface area contributed by atoms with E-state index in [0.29, 0.717) is 11.9 Å². The summed E-state index contributed by atoms with van der Waals surface area (Å²) in [5.41, 5.74) is 0. The lowest BCUT2D eigenvalue weighted by Crippen LogP contribution is -2.26. The largest absolute Gasteiger partial charge is 0.354 e. The number of hydrogen-bond donors (Lipinski definition) is 1. The first-order valence-corrected chi connectivity index (χ1v) is 8.15. The van der Waals surface area contributed by atoms with E-state index in [2.05, 4.69) is 57.8 Å². The molecule has 6 nitrogen and oxygen atoms in total.